The molecule has 2 aromatic rings. The number of rotatable bonds is 6. The Hall–Kier alpha value is -3.46. The first-order valence-electron chi connectivity index (χ1n) is 10.1. The fourth-order valence-corrected chi connectivity index (χ4v) is 3.21. The van der Waals surface area contributed by atoms with Crippen LogP contribution in [0, 0.1) is 0 Å². The maximum absolute atomic E-state index is 12.9. The molecule has 4 N–H and O–H groups in total. The zero-order chi connectivity index (χ0) is 22.4. The molecule has 9 heteroatoms. The van der Waals surface area contributed by atoms with Crippen LogP contribution >= 0.6 is 0 Å². The van der Waals surface area contributed by atoms with Crippen molar-refractivity contribution in [2.75, 3.05) is 39.1 Å². The van der Waals surface area contributed by atoms with Crippen molar-refractivity contribution >= 4 is 23.7 Å². The van der Waals surface area contributed by atoms with Gasteiger partial charge in [-0.25, -0.2) is 4.98 Å². The number of nitrogens with two attached hydrogens (primary N) is 2. The molecule has 9 nitrogen and oxygen atoms in total. The third kappa shape index (κ3) is 5.18. The topological polar surface area (TPSA) is 128 Å². The number of methoxy groups -OCH3 is 1. The lowest BCUT2D eigenvalue weighted by atomic mass is 10.0. The minimum Gasteiger partial charge on any atom is -0.496 e. The van der Waals surface area contributed by atoms with Crippen LogP contribution in [0.2, 0.25) is 0 Å². The van der Waals surface area contributed by atoms with Gasteiger partial charge >= 0.3 is 0 Å². The third-order valence-electron chi connectivity index (χ3n) is 4.89. The number of nitrogen functional groups attached to an aromatic ring is 1. The molecule has 164 valence electrons. The van der Waals surface area contributed by atoms with E-state index < -0.39 is 0 Å². The van der Waals surface area contributed by atoms with E-state index in [0.717, 1.165) is 11.1 Å². The number of hydrazone groups is 1. The number of amides is 1. The molecule has 1 aliphatic heterocycles. The second-order valence-electron chi connectivity index (χ2n) is 7.36. The molecule has 1 amide bonds. The van der Waals surface area contributed by atoms with E-state index in [-0.39, 0.29) is 11.9 Å². The van der Waals surface area contributed by atoms with Crippen LogP contribution in [0.15, 0.2) is 40.6 Å². The summed E-state index contributed by atoms with van der Waals surface area (Å²) in [5.74, 6) is 6.27. The Morgan fingerprint density at radius 3 is 2.61 bits per heavy atom. The Morgan fingerprint density at radius 2 is 1.97 bits per heavy atom. The quantitative estimate of drug-likeness (QED) is 0.414. The maximum atomic E-state index is 12.9. The van der Waals surface area contributed by atoms with E-state index in [9.17, 15) is 4.79 Å². The molecule has 3 rings (SSSR count). The van der Waals surface area contributed by atoms with Gasteiger partial charge in [0.1, 0.15) is 17.3 Å². The van der Waals surface area contributed by atoms with E-state index in [1.165, 1.54) is 0 Å². The summed E-state index contributed by atoms with van der Waals surface area (Å²) in [6.07, 6.45) is 3.25. The maximum Gasteiger partial charge on any atom is 0.257 e. The largest absolute Gasteiger partial charge is 0.496 e. The highest BCUT2D eigenvalue weighted by molar-refractivity contribution is 6.39. The second kappa shape index (κ2) is 10.0. The molecule has 1 saturated heterocycles. The minimum absolute atomic E-state index is 0.0785. The van der Waals surface area contributed by atoms with E-state index in [1.54, 1.807) is 30.5 Å². The molecular formula is C22H28N6O3. The summed E-state index contributed by atoms with van der Waals surface area (Å²) in [5, 5.41) is 3.81. The summed E-state index contributed by atoms with van der Waals surface area (Å²) in [4.78, 5) is 23.3. The lowest BCUT2D eigenvalue weighted by molar-refractivity contribution is 0.0301. The first-order valence-corrected chi connectivity index (χ1v) is 10.1. The van der Waals surface area contributed by atoms with Crippen LogP contribution < -0.4 is 16.3 Å². The van der Waals surface area contributed by atoms with Gasteiger partial charge in [0, 0.05) is 42.7 Å². The van der Waals surface area contributed by atoms with Crippen molar-refractivity contribution in [3.05, 3.63) is 41.6 Å². The van der Waals surface area contributed by atoms with Crippen molar-refractivity contribution < 1.29 is 14.3 Å². The lowest BCUT2D eigenvalue weighted by Crippen LogP contribution is -2.40. The normalized spacial score (nSPS) is 15.0. The molecule has 0 bridgehead atoms. The predicted octanol–water partition coefficient (Wildman–Crippen LogP) is 1.95. The highest BCUT2D eigenvalue weighted by Crippen LogP contribution is 2.29. The number of nitrogens with zero attached hydrogens (tertiary/aromatic N) is 4. The first kappa shape index (κ1) is 22.2. The van der Waals surface area contributed by atoms with Gasteiger partial charge in [0.15, 0.2) is 0 Å². The zero-order valence-corrected chi connectivity index (χ0v) is 18.0. The van der Waals surface area contributed by atoms with E-state index >= 15 is 0 Å². The fraction of sp³-hybridized carbons (Fsp3) is 0.364. The van der Waals surface area contributed by atoms with Crippen molar-refractivity contribution in [1.29, 1.82) is 0 Å². The van der Waals surface area contributed by atoms with E-state index in [4.69, 9.17) is 21.1 Å². The Balaban J connectivity index is 1.95. The number of pyridine rings is 1. The molecule has 1 aromatic carbocycles. The lowest BCUT2D eigenvalue weighted by Gasteiger charge is -2.27. The number of aliphatic imine (C=N–C) groups is 1. The predicted molar refractivity (Wildman–Crippen MR) is 122 cm³/mol. The molecule has 0 aliphatic carbocycles. The molecule has 0 unspecified atom stereocenters. The Morgan fingerprint density at radius 1 is 1.23 bits per heavy atom. The van der Waals surface area contributed by atoms with Gasteiger partial charge in [-0.05, 0) is 37.6 Å². The molecule has 0 atom stereocenters. The third-order valence-corrected chi connectivity index (χ3v) is 4.89. The van der Waals surface area contributed by atoms with Crippen molar-refractivity contribution in [2.45, 2.75) is 19.9 Å². The molecule has 0 spiro atoms. The summed E-state index contributed by atoms with van der Waals surface area (Å²) in [5.41, 5.74) is 9.19. The monoisotopic (exact) mass is 424 g/mol. The Bertz CT molecular complexity index is 997. The van der Waals surface area contributed by atoms with E-state index in [0.29, 0.717) is 54.7 Å². The standard InChI is InChI=1S/C22H28N6O3/c1-14(2)25-13-19(27-24)18-10-16(12-26-21(18)23)15-4-5-17(20(11-15)30-3)22(29)28-6-8-31-9-7-28/h4-5,10-14H,6-9,24H2,1-3H3,(H2,23,26). The van der Waals surface area contributed by atoms with Gasteiger partial charge in [0.25, 0.3) is 5.91 Å². The molecular weight excluding hydrogens is 396 g/mol. The molecule has 1 aromatic heterocycles. The molecule has 0 radical (unpaired) electrons. The number of ether oxygens (including phenoxy) is 2. The van der Waals surface area contributed by atoms with Gasteiger partial charge in [0.05, 0.1) is 25.9 Å². The average Bonchev–Trinajstić information content (AvgIpc) is 2.80. The van der Waals surface area contributed by atoms with Crippen LogP contribution in [0.1, 0.15) is 29.8 Å². The van der Waals surface area contributed by atoms with Gasteiger partial charge in [0.2, 0.25) is 0 Å². The van der Waals surface area contributed by atoms with Crippen LogP contribution in [-0.4, -0.2) is 67.2 Å². The number of hydrogen-bond acceptors (Lipinski definition) is 8. The Kier molecular flexibility index (Phi) is 7.19. The smallest absolute Gasteiger partial charge is 0.257 e. The van der Waals surface area contributed by atoms with Gasteiger partial charge in [-0.2, -0.15) is 5.10 Å². The van der Waals surface area contributed by atoms with Crippen LogP contribution in [0.5, 0.6) is 5.75 Å². The SMILES string of the molecule is COc1cc(-c2cnc(N)c(C(C=NC(C)C)=NN)c2)ccc1C(=O)N1CCOCC1. The fourth-order valence-electron chi connectivity index (χ4n) is 3.21. The zero-order valence-electron chi connectivity index (χ0n) is 18.0. The van der Waals surface area contributed by atoms with Crippen molar-refractivity contribution in [3.8, 4) is 16.9 Å². The summed E-state index contributed by atoms with van der Waals surface area (Å²) in [6.45, 7) is 6.11. The average molecular weight is 425 g/mol. The number of hydrogen-bond donors (Lipinski definition) is 2. The van der Waals surface area contributed by atoms with Crippen LogP contribution in [-0.2, 0) is 4.74 Å². The molecule has 1 fully saturated rings. The first-order chi connectivity index (χ1) is 14.9. The van der Waals surface area contributed by atoms with E-state index in [1.807, 2.05) is 32.0 Å². The molecule has 31 heavy (non-hydrogen) atoms. The molecule has 2 heterocycles. The number of carbonyl (C=O) groups excluding carboxylic acids is 1. The molecule has 0 saturated carbocycles. The molecule has 1 aliphatic rings. The highest BCUT2D eigenvalue weighted by atomic mass is 16.5. The van der Waals surface area contributed by atoms with Gasteiger partial charge < -0.3 is 25.9 Å². The summed E-state index contributed by atoms with van der Waals surface area (Å²) in [6, 6.07) is 7.37. The number of anilines is 1. The van der Waals surface area contributed by atoms with Gasteiger partial charge in [-0.15, -0.1) is 0 Å². The van der Waals surface area contributed by atoms with Crippen LogP contribution in [0.3, 0.4) is 0 Å². The van der Waals surface area contributed by atoms with Crippen molar-refractivity contribution in [2.24, 2.45) is 15.9 Å². The summed E-state index contributed by atoms with van der Waals surface area (Å²) in [7, 11) is 1.55. The number of benzene rings is 1. The van der Waals surface area contributed by atoms with Gasteiger partial charge in [-0.3, -0.25) is 9.79 Å². The Labute approximate surface area is 181 Å². The van der Waals surface area contributed by atoms with E-state index in [2.05, 4.69) is 15.1 Å². The number of aromatic nitrogens is 1. The van der Waals surface area contributed by atoms with Crippen molar-refractivity contribution in [3.63, 3.8) is 0 Å². The van der Waals surface area contributed by atoms with Crippen LogP contribution in [0.25, 0.3) is 11.1 Å². The number of morpholine rings is 1. The van der Waals surface area contributed by atoms with Gasteiger partial charge in [-0.1, -0.05) is 6.07 Å². The minimum atomic E-state index is -0.0785. The number of carbonyl (C=O) groups is 1. The second-order valence-corrected chi connectivity index (χ2v) is 7.36. The van der Waals surface area contributed by atoms with Crippen LogP contribution in [0.4, 0.5) is 5.82 Å². The summed E-state index contributed by atoms with van der Waals surface area (Å²) < 4.78 is 10.8. The summed E-state index contributed by atoms with van der Waals surface area (Å²) >= 11 is 0. The highest BCUT2D eigenvalue weighted by Gasteiger charge is 2.22. The van der Waals surface area contributed by atoms with Crippen molar-refractivity contribution in [1.82, 2.24) is 9.88 Å².